The molecule has 5 aromatic rings. The maximum atomic E-state index is 14.0. The van der Waals surface area contributed by atoms with Gasteiger partial charge in [-0.05, 0) is 41.0 Å². The zero-order valence-corrected chi connectivity index (χ0v) is 19.1. The van der Waals surface area contributed by atoms with E-state index in [0.717, 1.165) is 5.56 Å². The average molecular weight is 464 g/mol. The summed E-state index contributed by atoms with van der Waals surface area (Å²) >= 11 is 0. The van der Waals surface area contributed by atoms with Crippen molar-refractivity contribution in [3.8, 4) is 6.07 Å². The van der Waals surface area contributed by atoms with Crippen molar-refractivity contribution in [2.75, 3.05) is 0 Å². The lowest BCUT2D eigenvalue weighted by molar-refractivity contribution is 0.113. The van der Waals surface area contributed by atoms with Crippen molar-refractivity contribution >= 4 is 10.9 Å². The Morgan fingerprint density at radius 3 is 2.54 bits per heavy atom. The van der Waals surface area contributed by atoms with Crippen LogP contribution in [0.15, 0.2) is 85.5 Å². The van der Waals surface area contributed by atoms with Crippen LogP contribution in [-0.4, -0.2) is 24.6 Å². The number of hydrogen-bond acceptors (Lipinski definition) is 5. The number of imidazole rings is 1. The Kier molecular flexibility index (Phi) is 5.81. The molecule has 0 amide bonds. The molecular formula is C28H22FN5O. The van der Waals surface area contributed by atoms with Crippen LogP contribution in [0.25, 0.3) is 10.9 Å². The number of benzene rings is 2. The van der Waals surface area contributed by atoms with Crippen molar-refractivity contribution in [3.05, 3.63) is 125 Å². The van der Waals surface area contributed by atoms with Crippen molar-refractivity contribution in [1.29, 1.82) is 5.26 Å². The van der Waals surface area contributed by atoms with Gasteiger partial charge in [0.05, 0.1) is 40.7 Å². The predicted molar refractivity (Wildman–Crippen MR) is 130 cm³/mol. The number of hydrogen-bond donors (Lipinski definition) is 1. The van der Waals surface area contributed by atoms with Crippen molar-refractivity contribution in [2.24, 2.45) is 7.05 Å². The number of aliphatic hydroxyl groups is 1. The van der Waals surface area contributed by atoms with E-state index >= 15 is 0 Å². The lowest BCUT2D eigenvalue weighted by Gasteiger charge is -2.29. The minimum atomic E-state index is -1.63. The van der Waals surface area contributed by atoms with Gasteiger partial charge in [-0.2, -0.15) is 5.26 Å². The molecule has 5 rings (SSSR count). The molecule has 6 nitrogen and oxygen atoms in total. The van der Waals surface area contributed by atoms with Crippen LogP contribution in [0.2, 0.25) is 0 Å². The fourth-order valence-corrected chi connectivity index (χ4v) is 4.52. The Hall–Kier alpha value is -4.41. The van der Waals surface area contributed by atoms with Gasteiger partial charge in [-0.15, -0.1) is 0 Å². The largest absolute Gasteiger partial charge is 0.373 e. The molecule has 1 N–H and O–H groups in total. The Morgan fingerprint density at radius 2 is 1.89 bits per heavy atom. The fraction of sp³-hybridized carbons (Fsp3) is 0.143. The molecule has 172 valence electrons. The molecule has 0 spiro atoms. The Morgan fingerprint density at radius 1 is 1.09 bits per heavy atom. The SMILES string of the molecule is Cn1cncc1C(O)(c1ccc2nc(CF)c(Cc3ccccc3)c(C#N)c2c1)c1ccccn1. The number of fused-ring (bicyclic) bond motifs is 1. The van der Waals surface area contributed by atoms with Gasteiger partial charge in [0, 0.05) is 25.1 Å². The van der Waals surface area contributed by atoms with Crippen LogP contribution in [0.4, 0.5) is 4.39 Å². The van der Waals surface area contributed by atoms with E-state index in [1.165, 1.54) is 0 Å². The molecule has 7 heteroatoms. The summed E-state index contributed by atoms with van der Waals surface area (Å²) < 4.78 is 15.8. The highest BCUT2D eigenvalue weighted by Gasteiger charge is 2.38. The molecule has 0 saturated carbocycles. The van der Waals surface area contributed by atoms with E-state index < -0.39 is 12.3 Å². The zero-order valence-electron chi connectivity index (χ0n) is 19.1. The molecule has 0 aliphatic rings. The zero-order chi connectivity index (χ0) is 24.4. The quantitative estimate of drug-likeness (QED) is 0.398. The minimum absolute atomic E-state index is 0.247. The van der Waals surface area contributed by atoms with Gasteiger partial charge in [0.2, 0.25) is 0 Å². The summed E-state index contributed by atoms with van der Waals surface area (Å²) in [5, 5.41) is 22.8. The van der Waals surface area contributed by atoms with Gasteiger partial charge in [-0.3, -0.25) is 4.98 Å². The molecule has 0 bridgehead atoms. The average Bonchev–Trinajstić information content (AvgIpc) is 3.35. The number of nitrogens with zero attached hydrogens (tertiary/aromatic N) is 5. The van der Waals surface area contributed by atoms with Crippen LogP contribution in [0, 0.1) is 11.3 Å². The van der Waals surface area contributed by atoms with Gasteiger partial charge in [-0.1, -0.05) is 42.5 Å². The highest BCUT2D eigenvalue weighted by Crippen LogP contribution is 2.37. The van der Waals surface area contributed by atoms with E-state index in [4.69, 9.17) is 0 Å². The predicted octanol–water partition coefficient (Wildman–Crippen LogP) is 4.58. The van der Waals surface area contributed by atoms with Crippen molar-refractivity contribution in [1.82, 2.24) is 19.5 Å². The smallest absolute Gasteiger partial charge is 0.173 e. The fourth-order valence-electron chi connectivity index (χ4n) is 4.52. The lowest BCUT2D eigenvalue weighted by Crippen LogP contribution is -2.32. The molecular weight excluding hydrogens is 441 g/mol. The van der Waals surface area contributed by atoms with Crippen LogP contribution >= 0.6 is 0 Å². The third kappa shape index (κ3) is 3.84. The topological polar surface area (TPSA) is 87.6 Å². The maximum absolute atomic E-state index is 14.0. The van der Waals surface area contributed by atoms with Gasteiger partial charge in [-0.25, -0.2) is 14.4 Å². The third-order valence-electron chi connectivity index (χ3n) is 6.27. The summed E-state index contributed by atoms with van der Waals surface area (Å²) in [5.41, 5.74) is 2.40. The van der Waals surface area contributed by atoms with E-state index in [-0.39, 0.29) is 5.69 Å². The summed E-state index contributed by atoms with van der Waals surface area (Å²) in [5.74, 6) is 0. The first kappa shape index (κ1) is 22.4. The monoisotopic (exact) mass is 463 g/mol. The standard InChI is InChI=1S/C28H22FN5O/c1-34-18-31-17-27(34)28(35,26-9-5-6-12-32-26)20-10-11-24-22(14-20)23(16-30)21(25(15-29)33-24)13-19-7-3-2-4-8-19/h2-12,14,17-18,35H,13,15H2,1H3. The number of alkyl halides is 1. The number of aryl methyl sites for hydroxylation is 1. The van der Waals surface area contributed by atoms with Crippen molar-refractivity contribution < 1.29 is 9.50 Å². The molecule has 0 aliphatic heterocycles. The van der Waals surface area contributed by atoms with Gasteiger partial charge in [0.1, 0.15) is 12.7 Å². The van der Waals surface area contributed by atoms with Crippen LogP contribution in [-0.2, 0) is 25.7 Å². The molecule has 3 heterocycles. The van der Waals surface area contributed by atoms with Crippen LogP contribution in [0.5, 0.6) is 0 Å². The van der Waals surface area contributed by atoms with Crippen molar-refractivity contribution in [3.63, 3.8) is 0 Å². The Bertz CT molecular complexity index is 1540. The van der Waals surface area contributed by atoms with E-state index in [1.54, 1.807) is 66.7 Å². The summed E-state index contributed by atoms with van der Waals surface area (Å²) in [6, 6.07) is 22.4. The minimum Gasteiger partial charge on any atom is -0.373 e. The molecule has 1 unspecified atom stereocenters. The molecule has 1 atom stereocenters. The second-order valence-electron chi connectivity index (χ2n) is 8.37. The first-order valence-corrected chi connectivity index (χ1v) is 11.1. The van der Waals surface area contributed by atoms with E-state index in [2.05, 4.69) is 21.0 Å². The molecule has 3 aromatic heterocycles. The van der Waals surface area contributed by atoms with Crippen LogP contribution in [0.3, 0.4) is 0 Å². The molecule has 35 heavy (non-hydrogen) atoms. The molecule has 0 fully saturated rings. The number of rotatable bonds is 6. The second kappa shape index (κ2) is 9.09. The Balaban J connectivity index is 1.76. The molecule has 2 aromatic carbocycles. The van der Waals surface area contributed by atoms with Gasteiger partial charge < -0.3 is 9.67 Å². The first-order valence-electron chi connectivity index (χ1n) is 11.1. The van der Waals surface area contributed by atoms with E-state index in [1.807, 2.05) is 30.3 Å². The highest BCUT2D eigenvalue weighted by molar-refractivity contribution is 5.87. The normalized spacial score (nSPS) is 12.9. The second-order valence-corrected chi connectivity index (χ2v) is 8.37. The molecule has 0 saturated heterocycles. The number of halogens is 1. The number of nitriles is 1. The number of aromatic nitrogens is 4. The molecule has 0 radical (unpaired) electrons. The van der Waals surface area contributed by atoms with Gasteiger partial charge in [0.25, 0.3) is 0 Å². The maximum Gasteiger partial charge on any atom is 0.173 e. The number of pyridine rings is 2. The first-order chi connectivity index (χ1) is 17.1. The lowest BCUT2D eigenvalue weighted by atomic mass is 9.85. The summed E-state index contributed by atoms with van der Waals surface area (Å²) in [6.07, 6.45) is 5.20. The molecule has 0 aliphatic carbocycles. The van der Waals surface area contributed by atoms with Crippen LogP contribution < -0.4 is 0 Å². The summed E-state index contributed by atoms with van der Waals surface area (Å²) in [6.45, 7) is -0.776. The van der Waals surface area contributed by atoms with E-state index in [0.29, 0.717) is 45.4 Å². The summed E-state index contributed by atoms with van der Waals surface area (Å²) in [4.78, 5) is 13.1. The Labute approximate surface area is 202 Å². The van der Waals surface area contributed by atoms with Gasteiger partial charge >= 0.3 is 0 Å². The van der Waals surface area contributed by atoms with Gasteiger partial charge in [0.15, 0.2) is 5.60 Å². The third-order valence-corrected chi connectivity index (χ3v) is 6.27. The van der Waals surface area contributed by atoms with Crippen LogP contribution in [0.1, 0.15) is 39.3 Å². The summed E-state index contributed by atoms with van der Waals surface area (Å²) in [7, 11) is 1.80. The van der Waals surface area contributed by atoms with E-state index in [9.17, 15) is 14.8 Å². The van der Waals surface area contributed by atoms with Crippen molar-refractivity contribution in [2.45, 2.75) is 18.7 Å². The highest BCUT2D eigenvalue weighted by atomic mass is 19.1.